The van der Waals surface area contributed by atoms with Crippen molar-refractivity contribution in [2.24, 2.45) is 0 Å². The fourth-order valence-electron chi connectivity index (χ4n) is 2.40. The molecule has 3 heterocycles. The molecule has 0 fully saturated rings. The molecule has 0 aliphatic rings. The van der Waals surface area contributed by atoms with Gasteiger partial charge in [-0.15, -0.1) is 0 Å². The third kappa shape index (κ3) is 4.08. The number of aryl methyl sites for hydroxylation is 1. The van der Waals surface area contributed by atoms with Gasteiger partial charge in [0, 0.05) is 24.2 Å². The summed E-state index contributed by atoms with van der Waals surface area (Å²) in [6.07, 6.45) is -0.392. The Labute approximate surface area is 151 Å². The van der Waals surface area contributed by atoms with E-state index in [1.165, 1.54) is 18.5 Å². The van der Waals surface area contributed by atoms with Crippen LogP contribution in [0.2, 0.25) is 0 Å². The zero-order chi connectivity index (χ0) is 19.6. The van der Waals surface area contributed by atoms with Crippen LogP contribution in [0.5, 0.6) is 0 Å². The molecule has 3 aromatic heterocycles. The van der Waals surface area contributed by atoms with Gasteiger partial charge in [0.05, 0.1) is 11.8 Å². The van der Waals surface area contributed by atoms with Gasteiger partial charge in [-0.1, -0.05) is 0 Å². The summed E-state index contributed by atoms with van der Waals surface area (Å²) in [6, 6.07) is 4.93. The van der Waals surface area contributed by atoms with Crippen molar-refractivity contribution in [2.75, 3.05) is 5.32 Å². The number of amides is 1. The van der Waals surface area contributed by atoms with Crippen molar-refractivity contribution in [3.8, 4) is 11.1 Å². The summed E-state index contributed by atoms with van der Waals surface area (Å²) >= 11 is 0. The molecule has 9 heteroatoms. The van der Waals surface area contributed by atoms with Crippen molar-refractivity contribution in [3.05, 3.63) is 71.7 Å². The van der Waals surface area contributed by atoms with Gasteiger partial charge in [-0.05, 0) is 42.3 Å². The number of halogens is 4. The van der Waals surface area contributed by atoms with Gasteiger partial charge in [-0.25, -0.2) is 9.37 Å². The Hall–Kier alpha value is -3.36. The number of carbonyl (C=O) groups excluding carboxylic acids is 1. The summed E-state index contributed by atoms with van der Waals surface area (Å²) < 4.78 is 53.0. The summed E-state index contributed by atoms with van der Waals surface area (Å²) in [7, 11) is 0. The molecule has 1 N–H and O–H groups in total. The Kier molecular flexibility index (Phi) is 4.85. The van der Waals surface area contributed by atoms with Crippen LogP contribution in [0.1, 0.15) is 21.6 Å². The highest BCUT2D eigenvalue weighted by atomic mass is 19.4. The zero-order valence-electron chi connectivity index (χ0n) is 13.9. The van der Waals surface area contributed by atoms with Crippen molar-refractivity contribution in [1.29, 1.82) is 0 Å². The van der Waals surface area contributed by atoms with E-state index in [0.29, 0.717) is 11.8 Å². The maximum absolute atomic E-state index is 13.4. The molecule has 0 saturated carbocycles. The molecule has 138 valence electrons. The molecule has 3 aromatic rings. The third-order valence-corrected chi connectivity index (χ3v) is 3.74. The first-order valence-electron chi connectivity index (χ1n) is 7.67. The molecule has 0 aromatic carbocycles. The fraction of sp³-hybridized carbons (Fsp3) is 0.111. The number of aromatic nitrogens is 3. The first kappa shape index (κ1) is 18.4. The lowest BCUT2D eigenvalue weighted by Gasteiger charge is -2.15. The van der Waals surface area contributed by atoms with Gasteiger partial charge in [0.25, 0.3) is 5.91 Å². The number of hydrogen-bond donors (Lipinski definition) is 1. The van der Waals surface area contributed by atoms with Gasteiger partial charge >= 0.3 is 6.18 Å². The van der Waals surface area contributed by atoms with Crippen LogP contribution in [0.25, 0.3) is 11.1 Å². The van der Waals surface area contributed by atoms with Gasteiger partial charge in [-0.3, -0.25) is 14.8 Å². The minimum absolute atomic E-state index is 0.0437. The molecule has 0 aliphatic carbocycles. The second-order valence-electron chi connectivity index (χ2n) is 5.62. The lowest BCUT2D eigenvalue weighted by atomic mass is 9.98. The molecule has 0 spiro atoms. The SMILES string of the molecule is Cc1ccncc1-c1cc(C(=O)Nc2ccc(F)cn2)ncc1C(F)(F)F. The Balaban J connectivity index is 2.03. The zero-order valence-corrected chi connectivity index (χ0v) is 13.9. The lowest BCUT2D eigenvalue weighted by Crippen LogP contribution is -2.17. The molecule has 0 aliphatic heterocycles. The van der Waals surface area contributed by atoms with Gasteiger partial charge in [-0.2, -0.15) is 13.2 Å². The summed E-state index contributed by atoms with van der Waals surface area (Å²) in [5, 5.41) is 2.36. The van der Waals surface area contributed by atoms with Crippen LogP contribution >= 0.6 is 0 Å². The Bertz CT molecular complexity index is 987. The minimum atomic E-state index is -4.65. The van der Waals surface area contributed by atoms with Gasteiger partial charge < -0.3 is 5.32 Å². The number of carbonyl (C=O) groups is 1. The topological polar surface area (TPSA) is 67.8 Å². The van der Waals surface area contributed by atoms with Crippen LogP contribution in [0.3, 0.4) is 0 Å². The van der Waals surface area contributed by atoms with Crippen molar-refractivity contribution in [2.45, 2.75) is 13.1 Å². The fourth-order valence-corrected chi connectivity index (χ4v) is 2.40. The van der Waals surface area contributed by atoms with Crippen LogP contribution in [0.15, 0.2) is 49.1 Å². The number of hydrogen-bond acceptors (Lipinski definition) is 4. The van der Waals surface area contributed by atoms with E-state index < -0.39 is 23.5 Å². The predicted molar refractivity (Wildman–Crippen MR) is 89.4 cm³/mol. The molecule has 0 atom stereocenters. The first-order chi connectivity index (χ1) is 12.8. The van der Waals surface area contributed by atoms with Crippen LogP contribution in [-0.2, 0) is 6.18 Å². The quantitative estimate of drug-likeness (QED) is 0.694. The van der Waals surface area contributed by atoms with Crippen LogP contribution in [0.4, 0.5) is 23.4 Å². The highest BCUT2D eigenvalue weighted by Crippen LogP contribution is 2.37. The van der Waals surface area contributed by atoms with E-state index in [1.807, 2.05) is 0 Å². The molecule has 3 rings (SSSR count). The maximum atomic E-state index is 13.4. The second-order valence-corrected chi connectivity index (χ2v) is 5.62. The van der Waals surface area contributed by atoms with Crippen LogP contribution in [-0.4, -0.2) is 20.9 Å². The van der Waals surface area contributed by atoms with Gasteiger partial charge in [0.1, 0.15) is 17.3 Å². The number of pyridine rings is 3. The largest absolute Gasteiger partial charge is 0.418 e. The van der Waals surface area contributed by atoms with Crippen molar-refractivity contribution in [1.82, 2.24) is 15.0 Å². The molecule has 0 saturated heterocycles. The van der Waals surface area contributed by atoms with E-state index in [0.717, 1.165) is 18.3 Å². The Morgan fingerprint density at radius 3 is 2.44 bits per heavy atom. The first-order valence-corrected chi connectivity index (χ1v) is 7.67. The molecule has 0 bridgehead atoms. The monoisotopic (exact) mass is 376 g/mol. The molecule has 27 heavy (non-hydrogen) atoms. The number of rotatable bonds is 3. The lowest BCUT2D eigenvalue weighted by molar-refractivity contribution is -0.137. The molecule has 0 unspecified atom stereocenters. The van der Waals surface area contributed by atoms with E-state index in [4.69, 9.17) is 0 Å². The van der Waals surface area contributed by atoms with Crippen molar-refractivity contribution >= 4 is 11.7 Å². The highest BCUT2D eigenvalue weighted by molar-refractivity contribution is 6.03. The van der Waals surface area contributed by atoms with E-state index in [9.17, 15) is 22.4 Å². The number of alkyl halides is 3. The van der Waals surface area contributed by atoms with E-state index in [-0.39, 0.29) is 22.6 Å². The van der Waals surface area contributed by atoms with Crippen LogP contribution < -0.4 is 5.32 Å². The number of anilines is 1. The van der Waals surface area contributed by atoms with E-state index in [1.54, 1.807) is 13.0 Å². The summed E-state index contributed by atoms with van der Waals surface area (Å²) in [5.74, 6) is -1.32. The van der Waals surface area contributed by atoms with E-state index in [2.05, 4.69) is 20.3 Å². The molecular weight excluding hydrogens is 364 g/mol. The van der Waals surface area contributed by atoms with Gasteiger partial charge in [0.2, 0.25) is 0 Å². The minimum Gasteiger partial charge on any atom is -0.305 e. The average Bonchev–Trinajstić information content (AvgIpc) is 2.63. The highest BCUT2D eigenvalue weighted by Gasteiger charge is 2.35. The van der Waals surface area contributed by atoms with Crippen LogP contribution in [0, 0.1) is 12.7 Å². The summed E-state index contributed by atoms with van der Waals surface area (Å²) in [5.41, 5.74) is -0.628. The second kappa shape index (κ2) is 7.10. The average molecular weight is 376 g/mol. The Morgan fingerprint density at radius 1 is 1.04 bits per heavy atom. The third-order valence-electron chi connectivity index (χ3n) is 3.74. The smallest absolute Gasteiger partial charge is 0.305 e. The molecule has 0 radical (unpaired) electrons. The summed E-state index contributed by atoms with van der Waals surface area (Å²) in [4.78, 5) is 23.5. The normalized spacial score (nSPS) is 11.3. The predicted octanol–water partition coefficient (Wildman–Crippen LogP) is 4.26. The van der Waals surface area contributed by atoms with Crippen molar-refractivity contribution < 1.29 is 22.4 Å². The Morgan fingerprint density at radius 2 is 1.81 bits per heavy atom. The maximum Gasteiger partial charge on any atom is 0.418 e. The number of nitrogens with zero attached hydrogens (tertiary/aromatic N) is 3. The standard InChI is InChI=1S/C18H12F4N4O/c1-10-4-5-23-8-13(10)12-6-15(24-9-14(12)18(20,21)22)17(27)26-16-3-2-11(19)7-25-16/h2-9H,1H3,(H,25,26,27). The number of nitrogens with one attached hydrogen (secondary N) is 1. The molecular formula is C18H12F4N4O. The molecule has 1 amide bonds. The molecule has 5 nitrogen and oxygen atoms in total. The van der Waals surface area contributed by atoms with E-state index >= 15 is 0 Å². The summed E-state index contributed by atoms with van der Waals surface area (Å²) in [6.45, 7) is 1.64. The van der Waals surface area contributed by atoms with Gasteiger partial charge in [0.15, 0.2) is 0 Å². The van der Waals surface area contributed by atoms with Crippen molar-refractivity contribution in [3.63, 3.8) is 0 Å².